The Bertz CT molecular complexity index is 256. The van der Waals surface area contributed by atoms with E-state index in [9.17, 15) is 0 Å². The van der Waals surface area contributed by atoms with E-state index in [-0.39, 0.29) is 0 Å². The number of benzene rings is 1. The Morgan fingerprint density at radius 2 is 2.31 bits per heavy atom. The van der Waals surface area contributed by atoms with Gasteiger partial charge < -0.3 is 11.1 Å². The number of hydrogen-bond donors (Lipinski definition) is 2. The van der Waals surface area contributed by atoms with Crippen molar-refractivity contribution in [2.75, 3.05) is 12.3 Å². The van der Waals surface area contributed by atoms with E-state index in [1.54, 1.807) is 0 Å². The summed E-state index contributed by atoms with van der Waals surface area (Å²) in [5.74, 6) is 0.677. The van der Waals surface area contributed by atoms with Gasteiger partial charge in [0.05, 0.1) is 0 Å². The molecule has 1 radical (unpaired) electrons. The van der Waals surface area contributed by atoms with Crippen LogP contribution in [0.4, 0.5) is 5.69 Å². The average Bonchev–Trinajstić information content (AvgIpc) is 2.08. The van der Waals surface area contributed by atoms with Crippen LogP contribution in [0.25, 0.3) is 0 Å². The molecule has 2 nitrogen and oxygen atoms in total. The maximum absolute atomic E-state index is 5.77. The van der Waals surface area contributed by atoms with E-state index in [0.29, 0.717) is 5.92 Å². The smallest absolute Gasteiger partial charge is 0.0365 e. The van der Waals surface area contributed by atoms with Crippen LogP contribution in [0.3, 0.4) is 0 Å². The van der Waals surface area contributed by atoms with Crippen LogP contribution in [0.15, 0.2) is 18.2 Å². The number of hydrogen-bond acceptors (Lipinski definition) is 2. The van der Waals surface area contributed by atoms with Crippen molar-refractivity contribution >= 4 is 5.69 Å². The molecule has 2 heteroatoms. The van der Waals surface area contributed by atoms with E-state index < -0.39 is 0 Å². The Kier molecular flexibility index (Phi) is 3.77. The molecule has 1 aromatic rings. The van der Waals surface area contributed by atoms with Crippen molar-refractivity contribution in [3.05, 3.63) is 29.8 Å². The van der Waals surface area contributed by atoms with Gasteiger partial charge in [-0.05, 0) is 30.2 Å². The minimum atomic E-state index is 0.677. The molecular weight excluding hydrogens is 160 g/mol. The zero-order valence-corrected chi connectivity index (χ0v) is 8.30. The van der Waals surface area contributed by atoms with Gasteiger partial charge in [-0.1, -0.05) is 26.0 Å². The number of rotatable bonds is 4. The number of anilines is 1. The van der Waals surface area contributed by atoms with Gasteiger partial charge >= 0.3 is 0 Å². The molecule has 1 aromatic carbocycles. The second kappa shape index (κ2) is 4.87. The van der Waals surface area contributed by atoms with Gasteiger partial charge in [0.2, 0.25) is 0 Å². The van der Waals surface area contributed by atoms with Crippen LogP contribution in [-0.2, 0) is 6.54 Å². The topological polar surface area (TPSA) is 38.0 Å². The summed E-state index contributed by atoms with van der Waals surface area (Å²) < 4.78 is 0. The van der Waals surface area contributed by atoms with E-state index in [0.717, 1.165) is 24.3 Å². The first-order valence-electron chi connectivity index (χ1n) is 4.65. The quantitative estimate of drug-likeness (QED) is 0.688. The molecule has 0 fully saturated rings. The Labute approximate surface area is 80.1 Å². The van der Waals surface area contributed by atoms with Gasteiger partial charge in [0.25, 0.3) is 0 Å². The number of nitrogens with two attached hydrogens (primary N) is 1. The third-order valence-electron chi connectivity index (χ3n) is 1.86. The molecule has 0 aliphatic heterocycles. The maximum Gasteiger partial charge on any atom is 0.0365 e. The highest BCUT2D eigenvalue weighted by Gasteiger charge is 1.97. The second-order valence-corrected chi connectivity index (χ2v) is 3.65. The summed E-state index contributed by atoms with van der Waals surface area (Å²) in [5.41, 5.74) is 7.74. The van der Waals surface area contributed by atoms with E-state index in [4.69, 9.17) is 5.73 Å². The number of nitrogens with one attached hydrogen (secondary N) is 1. The van der Waals surface area contributed by atoms with Gasteiger partial charge in [0.1, 0.15) is 0 Å². The van der Waals surface area contributed by atoms with Crippen LogP contribution < -0.4 is 11.1 Å². The predicted molar refractivity (Wildman–Crippen MR) is 56.2 cm³/mol. The number of nitrogen functional groups attached to an aromatic ring is 1. The Morgan fingerprint density at radius 1 is 1.54 bits per heavy atom. The lowest BCUT2D eigenvalue weighted by molar-refractivity contribution is 0.553. The fourth-order valence-electron chi connectivity index (χ4n) is 1.13. The first kappa shape index (κ1) is 10.1. The van der Waals surface area contributed by atoms with E-state index in [1.807, 2.05) is 18.2 Å². The summed E-state index contributed by atoms with van der Waals surface area (Å²) in [5, 5.41) is 3.35. The standard InChI is InChI=1S/C11H17N2/c1-9(2)7-13-8-10-5-3-4-6-11(10)12/h3,5-6,9,13H,7-8,12H2,1-2H3. The first-order chi connectivity index (χ1) is 6.20. The van der Waals surface area contributed by atoms with Gasteiger partial charge in [-0.3, -0.25) is 0 Å². The molecule has 0 unspecified atom stereocenters. The van der Waals surface area contributed by atoms with Gasteiger partial charge in [0.15, 0.2) is 0 Å². The van der Waals surface area contributed by atoms with Crippen LogP contribution in [-0.4, -0.2) is 6.54 Å². The SMILES string of the molecule is CC(C)CNCc1cc[c]cc1N. The van der Waals surface area contributed by atoms with Crippen molar-refractivity contribution in [3.63, 3.8) is 0 Å². The minimum absolute atomic E-state index is 0.677. The fraction of sp³-hybridized carbons (Fsp3) is 0.455. The molecule has 0 saturated heterocycles. The van der Waals surface area contributed by atoms with Crippen molar-refractivity contribution in [1.29, 1.82) is 0 Å². The molecule has 71 valence electrons. The lowest BCUT2D eigenvalue weighted by Crippen LogP contribution is -2.19. The molecule has 0 heterocycles. The van der Waals surface area contributed by atoms with Crippen molar-refractivity contribution in [3.8, 4) is 0 Å². The molecule has 0 atom stereocenters. The Morgan fingerprint density at radius 3 is 2.92 bits per heavy atom. The summed E-state index contributed by atoms with van der Waals surface area (Å²) >= 11 is 0. The van der Waals surface area contributed by atoms with E-state index in [2.05, 4.69) is 25.2 Å². The summed E-state index contributed by atoms with van der Waals surface area (Å²) in [7, 11) is 0. The van der Waals surface area contributed by atoms with Crippen LogP contribution >= 0.6 is 0 Å². The molecule has 0 aliphatic carbocycles. The molecule has 0 bridgehead atoms. The van der Waals surface area contributed by atoms with Gasteiger partial charge in [0, 0.05) is 12.2 Å². The third kappa shape index (κ3) is 3.47. The van der Waals surface area contributed by atoms with Crippen LogP contribution in [0.2, 0.25) is 0 Å². The highest BCUT2D eigenvalue weighted by Crippen LogP contribution is 2.09. The fourth-order valence-corrected chi connectivity index (χ4v) is 1.13. The highest BCUT2D eigenvalue weighted by atomic mass is 14.9. The van der Waals surface area contributed by atoms with E-state index in [1.165, 1.54) is 0 Å². The monoisotopic (exact) mass is 177 g/mol. The molecule has 13 heavy (non-hydrogen) atoms. The normalized spacial score (nSPS) is 10.7. The predicted octanol–water partition coefficient (Wildman–Crippen LogP) is 1.81. The maximum atomic E-state index is 5.77. The van der Waals surface area contributed by atoms with Gasteiger partial charge in [-0.25, -0.2) is 0 Å². The Hall–Kier alpha value is -1.02. The van der Waals surface area contributed by atoms with Crippen molar-refractivity contribution in [2.45, 2.75) is 20.4 Å². The summed E-state index contributed by atoms with van der Waals surface area (Å²) in [6.07, 6.45) is 0. The molecule has 3 N–H and O–H groups in total. The van der Waals surface area contributed by atoms with Crippen molar-refractivity contribution in [1.82, 2.24) is 5.32 Å². The van der Waals surface area contributed by atoms with Crippen LogP contribution in [0, 0.1) is 12.0 Å². The van der Waals surface area contributed by atoms with E-state index >= 15 is 0 Å². The highest BCUT2D eigenvalue weighted by molar-refractivity contribution is 5.45. The largest absolute Gasteiger partial charge is 0.398 e. The average molecular weight is 177 g/mol. The van der Waals surface area contributed by atoms with Crippen LogP contribution in [0.1, 0.15) is 19.4 Å². The molecule has 0 saturated carbocycles. The molecule has 0 spiro atoms. The molecule has 1 rings (SSSR count). The zero-order valence-electron chi connectivity index (χ0n) is 8.30. The van der Waals surface area contributed by atoms with Crippen molar-refractivity contribution in [2.24, 2.45) is 5.92 Å². The summed E-state index contributed by atoms with van der Waals surface area (Å²) in [6.45, 7) is 6.25. The molecule has 0 amide bonds. The lowest BCUT2D eigenvalue weighted by Gasteiger charge is -2.08. The van der Waals surface area contributed by atoms with Gasteiger partial charge in [-0.15, -0.1) is 0 Å². The summed E-state index contributed by atoms with van der Waals surface area (Å²) in [4.78, 5) is 0. The van der Waals surface area contributed by atoms with Crippen molar-refractivity contribution < 1.29 is 0 Å². The van der Waals surface area contributed by atoms with Crippen LogP contribution in [0.5, 0.6) is 0 Å². The summed E-state index contributed by atoms with van der Waals surface area (Å²) in [6, 6.07) is 8.65. The zero-order chi connectivity index (χ0) is 9.68. The molecule has 0 aromatic heterocycles. The first-order valence-corrected chi connectivity index (χ1v) is 4.65. The molecular formula is C11H17N2. The minimum Gasteiger partial charge on any atom is -0.398 e. The molecule has 0 aliphatic rings. The van der Waals surface area contributed by atoms with Gasteiger partial charge in [-0.2, -0.15) is 0 Å². The second-order valence-electron chi connectivity index (χ2n) is 3.65. The Balaban J connectivity index is 2.41. The lowest BCUT2D eigenvalue weighted by atomic mass is 10.1. The third-order valence-corrected chi connectivity index (χ3v) is 1.86.